The summed E-state index contributed by atoms with van der Waals surface area (Å²) >= 11 is 0. The highest BCUT2D eigenvalue weighted by molar-refractivity contribution is 6.25. The largest absolute Gasteiger partial charge is 0.0622 e. The summed E-state index contributed by atoms with van der Waals surface area (Å²) in [5.41, 5.74) is 20.5. The number of benzene rings is 12. The Balaban J connectivity index is 0.945. The lowest BCUT2D eigenvalue weighted by atomic mass is 9.89. The van der Waals surface area contributed by atoms with Crippen LogP contribution in [0.25, 0.3) is 121 Å². The molecular formula is C67H46. The van der Waals surface area contributed by atoms with E-state index in [0.717, 1.165) is 0 Å². The molecule has 0 bridgehead atoms. The van der Waals surface area contributed by atoms with Gasteiger partial charge < -0.3 is 0 Å². The Hall–Kier alpha value is -8.58. The molecule has 12 aromatic carbocycles. The fourth-order valence-corrected chi connectivity index (χ4v) is 10.1. The second-order valence-electron chi connectivity index (χ2n) is 17.7. The number of hydrogen-bond donors (Lipinski definition) is 0. The van der Waals surface area contributed by atoms with Crippen molar-refractivity contribution in [2.75, 3.05) is 0 Å². The van der Waals surface area contributed by atoms with Crippen LogP contribution in [0.5, 0.6) is 0 Å². The summed E-state index contributed by atoms with van der Waals surface area (Å²) in [6, 6.07) is 95.8. The Kier molecular flexibility index (Phi) is 10.2. The minimum absolute atomic E-state index is 1.18. The molecule has 0 aliphatic rings. The summed E-state index contributed by atoms with van der Waals surface area (Å²) in [4.78, 5) is 0. The van der Waals surface area contributed by atoms with E-state index in [1.54, 1.807) is 0 Å². The molecule has 314 valence electrons. The van der Waals surface area contributed by atoms with Crippen LogP contribution in [0.1, 0.15) is 5.56 Å². The van der Waals surface area contributed by atoms with Gasteiger partial charge in [0, 0.05) is 0 Å². The lowest BCUT2D eigenvalue weighted by molar-refractivity contribution is 1.45. The fourth-order valence-electron chi connectivity index (χ4n) is 10.1. The van der Waals surface area contributed by atoms with Crippen LogP contribution in [-0.4, -0.2) is 0 Å². The number of hydrogen-bond acceptors (Lipinski definition) is 0. The molecule has 0 radical (unpaired) electrons. The van der Waals surface area contributed by atoms with Crippen molar-refractivity contribution < 1.29 is 0 Å². The summed E-state index contributed by atoms with van der Waals surface area (Å²) in [5, 5.41) is 7.76. The van der Waals surface area contributed by atoms with Gasteiger partial charge in [-0.05, 0) is 170 Å². The molecule has 67 heavy (non-hydrogen) atoms. The Morgan fingerprint density at radius 3 is 0.881 bits per heavy atom. The summed E-state index contributed by atoms with van der Waals surface area (Å²) in [5.74, 6) is 0. The van der Waals surface area contributed by atoms with Gasteiger partial charge in [-0.2, -0.15) is 0 Å². The van der Waals surface area contributed by atoms with E-state index in [1.165, 1.54) is 127 Å². The molecule has 0 fully saturated rings. The van der Waals surface area contributed by atoms with Gasteiger partial charge >= 0.3 is 0 Å². The molecular weight excluding hydrogens is 805 g/mol. The van der Waals surface area contributed by atoms with E-state index >= 15 is 0 Å². The van der Waals surface area contributed by atoms with Crippen LogP contribution in [-0.2, 0) is 0 Å². The molecule has 0 aliphatic heterocycles. The third-order valence-corrected chi connectivity index (χ3v) is 13.6. The van der Waals surface area contributed by atoms with Crippen molar-refractivity contribution in [3.05, 3.63) is 266 Å². The molecule has 0 spiro atoms. The highest BCUT2D eigenvalue weighted by Gasteiger charge is 2.14. The summed E-state index contributed by atoms with van der Waals surface area (Å²) in [6.07, 6.45) is 0. The van der Waals surface area contributed by atoms with E-state index in [4.69, 9.17) is 0 Å². The average molecular weight is 851 g/mol. The molecule has 0 unspecified atom stereocenters. The zero-order chi connectivity index (χ0) is 44.7. The maximum atomic E-state index is 2.40. The monoisotopic (exact) mass is 850 g/mol. The summed E-state index contributed by atoms with van der Waals surface area (Å²) in [7, 11) is 0. The van der Waals surface area contributed by atoms with Gasteiger partial charge in [0.05, 0.1) is 0 Å². The maximum absolute atomic E-state index is 2.40. The first-order chi connectivity index (χ1) is 33.1. The van der Waals surface area contributed by atoms with E-state index in [2.05, 4.69) is 268 Å². The lowest BCUT2D eigenvalue weighted by Crippen LogP contribution is -1.90. The molecule has 0 amide bonds. The Morgan fingerprint density at radius 1 is 0.164 bits per heavy atom. The van der Waals surface area contributed by atoms with Gasteiger partial charge in [-0.1, -0.05) is 224 Å². The van der Waals surface area contributed by atoms with E-state index in [1.807, 2.05) is 0 Å². The number of aryl methyl sites for hydroxylation is 1. The fraction of sp³-hybridized carbons (Fsp3) is 0.0149. The predicted octanol–water partition coefficient (Wildman–Crippen LogP) is 18.8. The van der Waals surface area contributed by atoms with Gasteiger partial charge in [0.1, 0.15) is 0 Å². The second-order valence-corrected chi connectivity index (χ2v) is 17.7. The molecule has 0 heterocycles. The van der Waals surface area contributed by atoms with Gasteiger partial charge in [-0.25, -0.2) is 0 Å². The number of fused-ring (bicyclic) bond motifs is 6. The SMILES string of the molecule is Cc1cc(-c2cc(-c3cccc(-c4ccc(-c5ccccc5)cc4)c3)cc(-c3cccc(-c4ccc(-c5ccccc5)cc4)c3)c2)ccc1-c1ccc2c3ccccc3c3ccccc3c2c1. The standard InChI is InChI=1S/C67H46/c1-45-38-56(34-36-61(45)57-35-37-66-64-24-9-8-22-62(64)63-23-10-11-25-65(63)67(66)44-57)60-42-58(54-20-12-18-52(39-54)50-30-26-48(27-31-50)46-14-4-2-5-15-46)41-59(43-60)55-21-13-19-53(40-55)51-32-28-49(29-33-51)47-16-6-3-7-17-47/h2-44H,1H3. The van der Waals surface area contributed by atoms with Gasteiger partial charge in [-0.3, -0.25) is 0 Å². The second kappa shape index (κ2) is 17.1. The molecule has 0 atom stereocenters. The molecule has 0 saturated heterocycles. The summed E-state index contributed by atoms with van der Waals surface area (Å²) in [6.45, 7) is 2.26. The van der Waals surface area contributed by atoms with E-state index in [0.29, 0.717) is 0 Å². The molecule has 0 heteroatoms. The molecule has 0 saturated carbocycles. The van der Waals surface area contributed by atoms with E-state index < -0.39 is 0 Å². The first-order valence-corrected chi connectivity index (χ1v) is 23.2. The number of rotatable bonds is 8. The van der Waals surface area contributed by atoms with Gasteiger partial charge in [0.25, 0.3) is 0 Å². The van der Waals surface area contributed by atoms with Crippen LogP contribution >= 0.6 is 0 Å². The zero-order valence-corrected chi connectivity index (χ0v) is 37.3. The molecule has 0 aromatic heterocycles. The van der Waals surface area contributed by atoms with Crippen molar-refractivity contribution in [3.8, 4) is 89.0 Å². The van der Waals surface area contributed by atoms with Crippen molar-refractivity contribution in [2.24, 2.45) is 0 Å². The zero-order valence-electron chi connectivity index (χ0n) is 37.3. The predicted molar refractivity (Wildman–Crippen MR) is 287 cm³/mol. The highest BCUT2D eigenvalue weighted by Crippen LogP contribution is 2.40. The van der Waals surface area contributed by atoms with Crippen LogP contribution < -0.4 is 0 Å². The minimum Gasteiger partial charge on any atom is -0.0622 e. The lowest BCUT2D eigenvalue weighted by Gasteiger charge is -2.15. The normalized spacial score (nSPS) is 11.4. The van der Waals surface area contributed by atoms with Crippen molar-refractivity contribution in [3.63, 3.8) is 0 Å². The average Bonchev–Trinajstić information content (AvgIpc) is 3.41. The Morgan fingerprint density at radius 2 is 0.448 bits per heavy atom. The third kappa shape index (κ3) is 7.69. The van der Waals surface area contributed by atoms with Gasteiger partial charge in [0.2, 0.25) is 0 Å². The van der Waals surface area contributed by atoms with Crippen LogP contribution in [0, 0.1) is 6.92 Å². The first kappa shape index (κ1) is 40.0. The smallest absolute Gasteiger partial charge is 0.00928 e. The third-order valence-electron chi connectivity index (χ3n) is 13.6. The summed E-state index contributed by atoms with van der Waals surface area (Å²) < 4.78 is 0. The van der Waals surface area contributed by atoms with Crippen LogP contribution in [0.15, 0.2) is 261 Å². The molecule has 0 nitrogen and oxygen atoms in total. The molecule has 0 aliphatic carbocycles. The van der Waals surface area contributed by atoms with Crippen LogP contribution in [0.2, 0.25) is 0 Å². The topological polar surface area (TPSA) is 0 Å². The van der Waals surface area contributed by atoms with Crippen molar-refractivity contribution in [2.45, 2.75) is 6.92 Å². The van der Waals surface area contributed by atoms with Crippen molar-refractivity contribution in [1.82, 2.24) is 0 Å². The van der Waals surface area contributed by atoms with Crippen LogP contribution in [0.4, 0.5) is 0 Å². The highest BCUT2D eigenvalue weighted by atomic mass is 14.2. The molecule has 12 rings (SSSR count). The first-order valence-electron chi connectivity index (χ1n) is 23.2. The Labute approximate surface area is 392 Å². The Bertz CT molecular complexity index is 3590. The quantitative estimate of drug-likeness (QED) is 0.134. The van der Waals surface area contributed by atoms with Gasteiger partial charge in [0.15, 0.2) is 0 Å². The minimum atomic E-state index is 1.18. The van der Waals surface area contributed by atoms with E-state index in [9.17, 15) is 0 Å². The van der Waals surface area contributed by atoms with Crippen molar-refractivity contribution in [1.29, 1.82) is 0 Å². The van der Waals surface area contributed by atoms with Crippen molar-refractivity contribution >= 4 is 32.3 Å². The van der Waals surface area contributed by atoms with Gasteiger partial charge in [-0.15, -0.1) is 0 Å². The molecule has 0 N–H and O–H groups in total. The van der Waals surface area contributed by atoms with Crippen LogP contribution in [0.3, 0.4) is 0 Å². The van der Waals surface area contributed by atoms with E-state index in [-0.39, 0.29) is 0 Å². The molecule has 12 aromatic rings. The maximum Gasteiger partial charge on any atom is -0.00928 e.